The van der Waals surface area contributed by atoms with Gasteiger partial charge in [0.15, 0.2) is 0 Å². The smallest absolute Gasteiger partial charge is 0.246 e. The van der Waals surface area contributed by atoms with Gasteiger partial charge in [-0.2, -0.15) is 0 Å². The molecule has 0 spiro atoms. The Balaban J connectivity index is 1.39. The van der Waals surface area contributed by atoms with Gasteiger partial charge in [0.25, 0.3) is 0 Å². The number of hydrogen-bond acceptors (Lipinski definition) is 3. The highest BCUT2D eigenvalue weighted by molar-refractivity contribution is 5.94. The molecule has 1 N–H and O–H groups in total. The van der Waals surface area contributed by atoms with Crippen molar-refractivity contribution >= 4 is 17.8 Å². The van der Waals surface area contributed by atoms with Crippen LogP contribution in [0.1, 0.15) is 44.1 Å². The SMILES string of the molecule is Cc1ccc(-n2cc(-c3ccccc3)nc2NC(=O)CN(C(=O)C2CCCC2)C2CC2)cc1. The van der Waals surface area contributed by atoms with Crippen LogP contribution in [0.3, 0.4) is 0 Å². The van der Waals surface area contributed by atoms with Gasteiger partial charge in [0.05, 0.1) is 5.69 Å². The van der Waals surface area contributed by atoms with E-state index in [1.807, 2.05) is 77.2 Å². The summed E-state index contributed by atoms with van der Waals surface area (Å²) in [7, 11) is 0. The van der Waals surface area contributed by atoms with Gasteiger partial charge < -0.3 is 4.90 Å². The van der Waals surface area contributed by atoms with Gasteiger partial charge in [0.2, 0.25) is 17.8 Å². The minimum absolute atomic E-state index is 0.0811. The van der Waals surface area contributed by atoms with Crippen LogP contribution in [0.25, 0.3) is 16.9 Å². The fourth-order valence-electron chi connectivity index (χ4n) is 4.62. The molecular formula is C27H30N4O2. The van der Waals surface area contributed by atoms with E-state index < -0.39 is 0 Å². The van der Waals surface area contributed by atoms with Gasteiger partial charge in [-0.05, 0) is 44.7 Å². The van der Waals surface area contributed by atoms with Gasteiger partial charge in [0, 0.05) is 29.4 Å². The zero-order valence-corrected chi connectivity index (χ0v) is 19.0. The summed E-state index contributed by atoms with van der Waals surface area (Å²) in [6.45, 7) is 2.13. The number of carbonyl (C=O) groups is 2. The third-order valence-electron chi connectivity index (χ3n) is 6.63. The molecule has 33 heavy (non-hydrogen) atoms. The van der Waals surface area contributed by atoms with Gasteiger partial charge in [-0.25, -0.2) is 4.98 Å². The second-order valence-electron chi connectivity index (χ2n) is 9.25. The Morgan fingerprint density at radius 3 is 2.36 bits per heavy atom. The summed E-state index contributed by atoms with van der Waals surface area (Å²) in [5.41, 5.74) is 3.85. The Labute approximate surface area is 194 Å². The molecule has 5 rings (SSSR count). The summed E-state index contributed by atoms with van der Waals surface area (Å²) in [6.07, 6.45) is 8.03. The Morgan fingerprint density at radius 1 is 1.00 bits per heavy atom. The molecule has 3 aromatic rings. The van der Waals surface area contributed by atoms with Crippen molar-refractivity contribution in [3.05, 3.63) is 66.4 Å². The van der Waals surface area contributed by atoms with E-state index in [-0.39, 0.29) is 30.3 Å². The number of hydrogen-bond donors (Lipinski definition) is 1. The molecule has 0 saturated heterocycles. The van der Waals surface area contributed by atoms with Gasteiger partial charge >= 0.3 is 0 Å². The fourth-order valence-corrected chi connectivity index (χ4v) is 4.62. The third-order valence-corrected chi connectivity index (χ3v) is 6.63. The minimum atomic E-state index is -0.202. The molecule has 2 fully saturated rings. The number of nitrogens with zero attached hydrogens (tertiary/aromatic N) is 3. The monoisotopic (exact) mass is 442 g/mol. The molecule has 1 heterocycles. The molecule has 1 aromatic heterocycles. The number of rotatable bonds is 7. The number of aromatic nitrogens is 2. The number of benzene rings is 2. The van der Waals surface area contributed by atoms with Crippen LogP contribution in [0.15, 0.2) is 60.8 Å². The largest absolute Gasteiger partial charge is 0.330 e. The zero-order valence-electron chi connectivity index (χ0n) is 19.0. The molecule has 2 amide bonds. The zero-order chi connectivity index (χ0) is 22.8. The maximum Gasteiger partial charge on any atom is 0.246 e. The van der Waals surface area contributed by atoms with Crippen LogP contribution >= 0.6 is 0 Å². The van der Waals surface area contributed by atoms with Crippen LogP contribution in [0, 0.1) is 12.8 Å². The molecule has 2 saturated carbocycles. The molecule has 0 aliphatic heterocycles. The number of nitrogens with one attached hydrogen (secondary N) is 1. The van der Waals surface area contributed by atoms with Crippen LogP contribution < -0.4 is 5.32 Å². The van der Waals surface area contributed by atoms with Gasteiger partial charge in [-0.15, -0.1) is 0 Å². The highest BCUT2D eigenvalue weighted by Gasteiger charge is 2.37. The summed E-state index contributed by atoms with van der Waals surface area (Å²) in [6, 6.07) is 18.2. The van der Waals surface area contributed by atoms with E-state index in [0.717, 1.165) is 55.5 Å². The van der Waals surface area contributed by atoms with Crippen LogP contribution in [0.5, 0.6) is 0 Å². The Bertz CT molecular complexity index is 1130. The van der Waals surface area contributed by atoms with E-state index in [4.69, 9.17) is 4.98 Å². The molecular weight excluding hydrogens is 412 g/mol. The summed E-state index contributed by atoms with van der Waals surface area (Å²) in [4.78, 5) is 32.7. The topological polar surface area (TPSA) is 67.2 Å². The van der Waals surface area contributed by atoms with Crippen molar-refractivity contribution in [2.24, 2.45) is 5.92 Å². The highest BCUT2D eigenvalue weighted by atomic mass is 16.2. The van der Waals surface area contributed by atoms with Crippen molar-refractivity contribution in [2.75, 3.05) is 11.9 Å². The average molecular weight is 443 g/mol. The van der Waals surface area contributed by atoms with Crippen LogP contribution in [-0.2, 0) is 9.59 Å². The molecule has 0 atom stereocenters. The molecule has 2 aliphatic rings. The lowest BCUT2D eigenvalue weighted by Gasteiger charge is -2.25. The van der Waals surface area contributed by atoms with E-state index in [2.05, 4.69) is 5.32 Å². The van der Waals surface area contributed by atoms with Crippen molar-refractivity contribution < 1.29 is 9.59 Å². The second-order valence-corrected chi connectivity index (χ2v) is 9.25. The van der Waals surface area contributed by atoms with Crippen molar-refractivity contribution in [2.45, 2.75) is 51.5 Å². The van der Waals surface area contributed by atoms with Crippen LogP contribution in [0.2, 0.25) is 0 Å². The minimum Gasteiger partial charge on any atom is -0.330 e. The second kappa shape index (κ2) is 9.22. The van der Waals surface area contributed by atoms with E-state index in [9.17, 15) is 9.59 Å². The fraction of sp³-hybridized carbons (Fsp3) is 0.370. The first-order valence-corrected chi connectivity index (χ1v) is 11.9. The first kappa shape index (κ1) is 21.4. The van der Waals surface area contributed by atoms with E-state index in [0.29, 0.717) is 5.95 Å². The first-order valence-electron chi connectivity index (χ1n) is 11.9. The molecule has 2 aromatic carbocycles. The van der Waals surface area contributed by atoms with Gasteiger partial charge in [0.1, 0.15) is 6.54 Å². The molecule has 0 bridgehead atoms. The Morgan fingerprint density at radius 2 is 1.70 bits per heavy atom. The van der Waals surface area contributed by atoms with E-state index in [1.54, 1.807) is 0 Å². The molecule has 170 valence electrons. The molecule has 6 nitrogen and oxygen atoms in total. The Hall–Kier alpha value is -3.41. The van der Waals surface area contributed by atoms with E-state index in [1.165, 1.54) is 5.56 Å². The number of imidazole rings is 1. The quantitative estimate of drug-likeness (QED) is 0.562. The lowest BCUT2D eigenvalue weighted by atomic mass is 10.1. The summed E-state index contributed by atoms with van der Waals surface area (Å²) < 4.78 is 1.90. The van der Waals surface area contributed by atoms with E-state index >= 15 is 0 Å². The van der Waals surface area contributed by atoms with Gasteiger partial charge in [-0.1, -0.05) is 60.9 Å². The lowest BCUT2D eigenvalue weighted by Crippen LogP contribution is -2.42. The molecule has 6 heteroatoms. The van der Waals surface area contributed by atoms with Crippen LogP contribution in [-0.4, -0.2) is 38.9 Å². The van der Waals surface area contributed by atoms with Crippen LogP contribution in [0.4, 0.5) is 5.95 Å². The standard InChI is InChI=1S/C27H30N4O2/c1-19-11-13-23(14-12-19)31-17-24(20-7-3-2-4-8-20)28-27(31)29-25(32)18-30(22-15-16-22)26(33)21-9-5-6-10-21/h2-4,7-8,11-14,17,21-22H,5-6,9-10,15-16,18H2,1H3,(H,28,29,32). The number of amides is 2. The summed E-state index contributed by atoms with van der Waals surface area (Å²) in [5.74, 6) is 0.494. The molecule has 0 unspecified atom stereocenters. The lowest BCUT2D eigenvalue weighted by molar-refractivity contribution is -0.138. The van der Waals surface area contributed by atoms with Crippen molar-refractivity contribution in [1.82, 2.24) is 14.5 Å². The average Bonchev–Trinajstić information content (AvgIpc) is 3.35. The number of anilines is 1. The van der Waals surface area contributed by atoms with Gasteiger partial charge in [-0.3, -0.25) is 19.5 Å². The first-order chi connectivity index (χ1) is 16.1. The highest BCUT2D eigenvalue weighted by Crippen LogP contribution is 2.33. The van der Waals surface area contributed by atoms with Crippen molar-refractivity contribution in [3.63, 3.8) is 0 Å². The molecule has 0 radical (unpaired) electrons. The predicted molar refractivity (Wildman–Crippen MR) is 129 cm³/mol. The maximum atomic E-state index is 13.1. The predicted octanol–water partition coefficient (Wildman–Crippen LogP) is 4.97. The third kappa shape index (κ3) is 4.85. The van der Waals surface area contributed by atoms with Crippen molar-refractivity contribution in [3.8, 4) is 16.9 Å². The summed E-state index contributed by atoms with van der Waals surface area (Å²) >= 11 is 0. The normalized spacial score (nSPS) is 16.0. The summed E-state index contributed by atoms with van der Waals surface area (Å²) in [5, 5.41) is 2.99. The number of aryl methyl sites for hydroxylation is 1. The Kier molecular flexibility index (Phi) is 5.99. The molecule has 2 aliphatic carbocycles. The van der Waals surface area contributed by atoms with Crippen molar-refractivity contribution in [1.29, 1.82) is 0 Å². The maximum absolute atomic E-state index is 13.1. The number of carbonyl (C=O) groups excluding carboxylic acids is 2.